The second kappa shape index (κ2) is 9.43. The third-order valence-corrected chi connectivity index (χ3v) is 4.87. The largest absolute Gasteiger partial charge is 0.493 e. The Morgan fingerprint density at radius 1 is 1.19 bits per heavy atom. The maximum atomic E-state index is 12.5. The number of anilines is 1. The molecule has 1 unspecified atom stereocenters. The zero-order chi connectivity index (χ0) is 19.1. The van der Waals surface area contributed by atoms with Crippen LogP contribution in [0.4, 0.5) is 5.69 Å². The highest BCUT2D eigenvalue weighted by Crippen LogP contribution is 2.37. The van der Waals surface area contributed by atoms with Crippen molar-refractivity contribution in [1.29, 1.82) is 0 Å². The predicted molar refractivity (Wildman–Crippen MR) is 98.9 cm³/mol. The van der Waals surface area contributed by atoms with Gasteiger partial charge in [0.15, 0.2) is 11.5 Å². The van der Waals surface area contributed by atoms with Gasteiger partial charge in [0.05, 0.1) is 32.6 Å². The van der Waals surface area contributed by atoms with E-state index in [1.807, 2.05) is 0 Å². The fourth-order valence-corrected chi connectivity index (χ4v) is 3.37. The van der Waals surface area contributed by atoms with Crippen molar-refractivity contribution in [2.45, 2.75) is 26.2 Å². The van der Waals surface area contributed by atoms with Gasteiger partial charge >= 0.3 is 5.97 Å². The van der Waals surface area contributed by atoms with Crippen molar-refractivity contribution in [2.24, 2.45) is 11.8 Å². The molecule has 7 nitrogen and oxygen atoms in total. The van der Waals surface area contributed by atoms with Gasteiger partial charge in [0.2, 0.25) is 5.91 Å². The molecular weight excluding hydrogens is 336 g/mol. The molecule has 2 N–H and O–H groups in total. The van der Waals surface area contributed by atoms with Crippen molar-refractivity contribution >= 4 is 17.6 Å². The summed E-state index contributed by atoms with van der Waals surface area (Å²) in [4.78, 5) is 24.4. The third kappa shape index (κ3) is 4.88. The minimum absolute atomic E-state index is 0.113. The van der Waals surface area contributed by atoms with Gasteiger partial charge in [0.1, 0.15) is 0 Å². The van der Waals surface area contributed by atoms with Crippen LogP contribution in [0.1, 0.15) is 36.5 Å². The molecular formula is C19H28N2O5. The van der Waals surface area contributed by atoms with Crippen LogP contribution in [0.2, 0.25) is 0 Å². The SMILES string of the molecule is COC(=O)c1cc(NC(=O)CC(C)C2CCNCC2)c(OC)c(OC)c1. The van der Waals surface area contributed by atoms with Gasteiger partial charge in [-0.1, -0.05) is 6.92 Å². The first kappa shape index (κ1) is 20.0. The van der Waals surface area contributed by atoms with Crippen molar-refractivity contribution in [3.63, 3.8) is 0 Å². The number of carbonyl (C=O) groups is 2. The molecule has 26 heavy (non-hydrogen) atoms. The lowest BCUT2D eigenvalue weighted by molar-refractivity contribution is -0.117. The van der Waals surface area contributed by atoms with Crippen LogP contribution >= 0.6 is 0 Å². The van der Waals surface area contributed by atoms with Crippen LogP contribution in [0, 0.1) is 11.8 Å². The normalized spacial score (nSPS) is 15.8. The van der Waals surface area contributed by atoms with Crippen LogP contribution in [0.15, 0.2) is 12.1 Å². The molecule has 1 amide bonds. The van der Waals surface area contributed by atoms with Gasteiger partial charge in [0.25, 0.3) is 0 Å². The van der Waals surface area contributed by atoms with E-state index in [0.29, 0.717) is 29.5 Å². The number of amides is 1. The molecule has 1 fully saturated rings. The lowest BCUT2D eigenvalue weighted by Crippen LogP contribution is -2.32. The summed E-state index contributed by atoms with van der Waals surface area (Å²) < 4.78 is 15.4. The average molecular weight is 364 g/mol. The first-order valence-corrected chi connectivity index (χ1v) is 8.85. The van der Waals surface area contributed by atoms with Crippen LogP contribution < -0.4 is 20.1 Å². The number of nitrogens with one attached hydrogen (secondary N) is 2. The molecule has 1 aliphatic heterocycles. The topological polar surface area (TPSA) is 85.9 Å². The number of carbonyl (C=O) groups excluding carboxylic acids is 2. The Labute approximate surface area is 154 Å². The fourth-order valence-electron chi connectivity index (χ4n) is 3.37. The third-order valence-electron chi connectivity index (χ3n) is 4.87. The van der Waals surface area contributed by atoms with Gasteiger partial charge < -0.3 is 24.8 Å². The van der Waals surface area contributed by atoms with Crippen molar-refractivity contribution in [3.05, 3.63) is 17.7 Å². The molecule has 1 heterocycles. The van der Waals surface area contributed by atoms with Gasteiger partial charge in [-0.2, -0.15) is 0 Å². The molecule has 0 bridgehead atoms. The Morgan fingerprint density at radius 3 is 2.46 bits per heavy atom. The zero-order valence-electron chi connectivity index (χ0n) is 15.9. The number of hydrogen-bond donors (Lipinski definition) is 2. The number of hydrogen-bond acceptors (Lipinski definition) is 6. The van der Waals surface area contributed by atoms with Crippen LogP contribution in [-0.2, 0) is 9.53 Å². The molecule has 2 rings (SSSR count). The summed E-state index contributed by atoms with van der Waals surface area (Å²) in [5, 5.41) is 6.20. The Kier molecular flexibility index (Phi) is 7.26. The molecule has 1 aliphatic rings. The van der Waals surface area contributed by atoms with Gasteiger partial charge in [-0.05, 0) is 49.9 Å². The summed E-state index contributed by atoms with van der Waals surface area (Å²) >= 11 is 0. The first-order chi connectivity index (χ1) is 12.5. The van der Waals surface area contributed by atoms with E-state index in [4.69, 9.17) is 14.2 Å². The Balaban J connectivity index is 2.15. The predicted octanol–water partition coefficient (Wildman–Crippen LogP) is 2.45. The van der Waals surface area contributed by atoms with Crippen molar-refractivity contribution < 1.29 is 23.8 Å². The second-order valence-corrected chi connectivity index (χ2v) is 6.57. The molecule has 0 radical (unpaired) electrons. The van der Waals surface area contributed by atoms with Gasteiger partial charge in [-0.25, -0.2) is 4.79 Å². The maximum absolute atomic E-state index is 12.5. The zero-order valence-corrected chi connectivity index (χ0v) is 15.9. The molecule has 144 valence electrons. The van der Waals surface area contributed by atoms with Crippen molar-refractivity contribution in [1.82, 2.24) is 5.32 Å². The number of methoxy groups -OCH3 is 3. The molecule has 0 spiro atoms. The van der Waals surface area contributed by atoms with Crippen LogP contribution in [0.5, 0.6) is 11.5 Å². The fraction of sp³-hybridized carbons (Fsp3) is 0.579. The Bertz CT molecular complexity index is 641. The highest BCUT2D eigenvalue weighted by atomic mass is 16.5. The standard InChI is InChI=1S/C19H28N2O5/c1-12(13-5-7-20-8-6-13)9-17(22)21-15-10-14(19(23)26-4)11-16(24-2)18(15)25-3/h10-13,20H,5-9H2,1-4H3,(H,21,22). The number of benzene rings is 1. The number of esters is 1. The highest BCUT2D eigenvalue weighted by Gasteiger charge is 2.23. The van der Waals surface area contributed by atoms with E-state index < -0.39 is 5.97 Å². The number of ether oxygens (including phenoxy) is 3. The molecule has 0 saturated carbocycles. The van der Waals surface area contributed by atoms with Crippen molar-refractivity contribution in [3.8, 4) is 11.5 Å². The van der Waals surface area contributed by atoms with E-state index in [-0.39, 0.29) is 17.4 Å². The maximum Gasteiger partial charge on any atom is 0.338 e. The quantitative estimate of drug-likeness (QED) is 0.723. The first-order valence-electron chi connectivity index (χ1n) is 8.85. The number of rotatable bonds is 7. The van der Waals surface area contributed by atoms with Gasteiger partial charge in [0, 0.05) is 6.42 Å². The molecule has 0 aliphatic carbocycles. The van der Waals surface area contributed by atoms with Gasteiger partial charge in [-0.3, -0.25) is 4.79 Å². The Hall–Kier alpha value is -2.28. The minimum Gasteiger partial charge on any atom is -0.493 e. The lowest BCUT2D eigenvalue weighted by Gasteiger charge is -2.28. The minimum atomic E-state index is -0.510. The van der Waals surface area contributed by atoms with E-state index in [2.05, 4.69) is 17.6 Å². The highest BCUT2D eigenvalue weighted by molar-refractivity contribution is 5.97. The Morgan fingerprint density at radius 2 is 1.88 bits per heavy atom. The average Bonchev–Trinajstić information content (AvgIpc) is 2.67. The summed E-state index contributed by atoms with van der Waals surface area (Å²) in [6.45, 7) is 4.11. The molecule has 1 aromatic rings. The summed E-state index contributed by atoms with van der Waals surface area (Å²) in [7, 11) is 4.27. The van der Waals surface area contributed by atoms with Gasteiger partial charge in [-0.15, -0.1) is 0 Å². The molecule has 1 saturated heterocycles. The monoisotopic (exact) mass is 364 g/mol. The van der Waals surface area contributed by atoms with E-state index in [1.165, 1.54) is 27.4 Å². The van der Waals surface area contributed by atoms with E-state index in [0.717, 1.165) is 25.9 Å². The lowest BCUT2D eigenvalue weighted by atomic mass is 9.84. The molecule has 7 heteroatoms. The van der Waals surface area contributed by atoms with E-state index >= 15 is 0 Å². The number of piperidine rings is 1. The van der Waals surface area contributed by atoms with E-state index in [1.54, 1.807) is 6.07 Å². The smallest absolute Gasteiger partial charge is 0.338 e. The van der Waals surface area contributed by atoms with Crippen LogP contribution in [-0.4, -0.2) is 46.3 Å². The molecule has 0 aromatic heterocycles. The van der Waals surface area contributed by atoms with Crippen LogP contribution in [0.25, 0.3) is 0 Å². The summed E-state index contributed by atoms with van der Waals surface area (Å²) in [6.07, 6.45) is 2.59. The molecule has 1 aromatic carbocycles. The molecule has 1 atom stereocenters. The summed E-state index contributed by atoms with van der Waals surface area (Å²) in [6, 6.07) is 3.07. The second-order valence-electron chi connectivity index (χ2n) is 6.57. The summed E-state index contributed by atoms with van der Waals surface area (Å²) in [5.41, 5.74) is 0.682. The van der Waals surface area contributed by atoms with E-state index in [9.17, 15) is 9.59 Å². The van der Waals surface area contributed by atoms with Crippen LogP contribution in [0.3, 0.4) is 0 Å². The summed E-state index contributed by atoms with van der Waals surface area (Å²) in [5.74, 6) is 0.941. The van der Waals surface area contributed by atoms with Crippen molar-refractivity contribution in [2.75, 3.05) is 39.7 Å².